The molecule has 4 aromatic carbocycles. The normalized spacial score (nSPS) is 14.4. The van der Waals surface area contributed by atoms with Crippen LogP contribution in [0.4, 0.5) is 20.6 Å². The fourth-order valence-corrected chi connectivity index (χ4v) is 4.42. The Hall–Kier alpha value is -5.31. The van der Waals surface area contributed by atoms with Gasteiger partial charge in [0, 0.05) is 22.9 Å². The van der Waals surface area contributed by atoms with Crippen LogP contribution in [0, 0.1) is 5.82 Å². The van der Waals surface area contributed by atoms with E-state index in [1.807, 2.05) is 30.3 Å². The van der Waals surface area contributed by atoms with Crippen LogP contribution in [-0.4, -0.2) is 43.3 Å². The van der Waals surface area contributed by atoms with Gasteiger partial charge in [-0.3, -0.25) is 9.59 Å². The van der Waals surface area contributed by atoms with Gasteiger partial charge in [-0.25, -0.2) is 14.2 Å². The van der Waals surface area contributed by atoms with Gasteiger partial charge in [0.1, 0.15) is 11.6 Å². The van der Waals surface area contributed by atoms with Gasteiger partial charge >= 0.3 is 6.03 Å². The number of hydrogen-bond donors (Lipinski definition) is 2. The van der Waals surface area contributed by atoms with Crippen molar-refractivity contribution >= 4 is 34.8 Å². The Bertz CT molecular complexity index is 1610. The van der Waals surface area contributed by atoms with Gasteiger partial charge in [0.2, 0.25) is 6.17 Å². The maximum Gasteiger partial charge on any atom is 0.321 e. The lowest BCUT2D eigenvalue weighted by atomic mass is 10.00. The second kappa shape index (κ2) is 11.6. The molecule has 5 rings (SSSR count). The van der Waals surface area contributed by atoms with Crippen molar-refractivity contribution in [2.45, 2.75) is 6.17 Å². The number of amides is 3. The highest BCUT2D eigenvalue weighted by Crippen LogP contribution is 2.29. The predicted octanol–water partition coefficient (Wildman–Crippen LogP) is 5.05. The number of urea groups is 1. The molecule has 0 fully saturated rings. The summed E-state index contributed by atoms with van der Waals surface area (Å²) in [6.45, 7) is -0.454. The van der Waals surface area contributed by atoms with Crippen molar-refractivity contribution in [1.29, 1.82) is 0 Å². The molecule has 0 saturated heterocycles. The number of para-hydroxylation sites is 1. The van der Waals surface area contributed by atoms with Crippen LogP contribution in [0.25, 0.3) is 0 Å². The number of hydrogen-bond acceptors (Lipinski definition) is 5. The van der Waals surface area contributed by atoms with E-state index >= 15 is 0 Å². The number of benzene rings is 4. The van der Waals surface area contributed by atoms with Gasteiger partial charge in [0.05, 0.1) is 30.6 Å². The maximum atomic E-state index is 14.4. The summed E-state index contributed by atoms with van der Waals surface area (Å²) in [5.41, 5.74) is 2.47. The molecule has 1 aliphatic rings. The minimum atomic E-state index is -1.39. The third kappa shape index (κ3) is 5.58. The zero-order valence-electron chi connectivity index (χ0n) is 21.5. The summed E-state index contributed by atoms with van der Waals surface area (Å²) in [7, 11) is 1.51. The Labute approximate surface area is 230 Å². The summed E-state index contributed by atoms with van der Waals surface area (Å²) in [6, 6.07) is 27.9. The topological polar surface area (TPSA) is 100 Å². The Balaban J connectivity index is 1.53. The molecule has 1 unspecified atom stereocenters. The summed E-state index contributed by atoms with van der Waals surface area (Å²) < 4.78 is 19.6. The molecule has 9 heteroatoms. The van der Waals surface area contributed by atoms with Gasteiger partial charge in [0.15, 0.2) is 5.78 Å². The smallest absolute Gasteiger partial charge is 0.321 e. The number of aliphatic imine (C=N–C) groups is 1. The van der Waals surface area contributed by atoms with Crippen LogP contribution < -0.4 is 20.3 Å². The number of anilines is 2. The largest absolute Gasteiger partial charge is 0.497 e. The number of nitrogens with one attached hydrogen (secondary N) is 2. The summed E-state index contributed by atoms with van der Waals surface area (Å²) in [5.74, 6) is -1.38. The Kier molecular flexibility index (Phi) is 7.63. The number of fused-ring (bicyclic) bond motifs is 1. The summed E-state index contributed by atoms with van der Waals surface area (Å²) in [4.78, 5) is 46.1. The number of benzodiazepines with no additional fused rings is 1. The molecule has 1 aliphatic heterocycles. The molecule has 0 bridgehead atoms. The van der Waals surface area contributed by atoms with Crippen LogP contribution in [0.3, 0.4) is 0 Å². The van der Waals surface area contributed by atoms with Gasteiger partial charge in [-0.05, 0) is 30.3 Å². The number of rotatable bonds is 7. The fraction of sp³-hybridized carbons (Fsp3) is 0.0968. The van der Waals surface area contributed by atoms with Crippen molar-refractivity contribution < 1.29 is 23.5 Å². The molecule has 1 atom stereocenters. The molecule has 40 heavy (non-hydrogen) atoms. The zero-order chi connectivity index (χ0) is 28.1. The highest BCUT2D eigenvalue weighted by molar-refractivity contribution is 6.21. The monoisotopic (exact) mass is 536 g/mol. The molecule has 4 aromatic rings. The van der Waals surface area contributed by atoms with Gasteiger partial charge in [-0.15, -0.1) is 0 Å². The Morgan fingerprint density at radius 1 is 0.925 bits per heavy atom. The molecule has 1 heterocycles. The molecule has 8 nitrogen and oxygen atoms in total. The Morgan fingerprint density at radius 2 is 1.65 bits per heavy atom. The van der Waals surface area contributed by atoms with Crippen LogP contribution in [0.15, 0.2) is 108 Å². The lowest BCUT2D eigenvalue weighted by Crippen LogP contribution is -2.50. The van der Waals surface area contributed by atoms with Crippen LogP contribution in [0.5, 0.6) is 5.75 Å². The quantitative estimate of drug-likeness (QED) is 0.323. The van der Waals surface area contributed by atoms with Crippen LogP contribution in [0.2, 0.25) is 0 Å². The first kappa shape index (κ1) is 26.3. The molecule has 0 radical (unpaired) electrons. The van der Waals surface area contributed by atoms with E-state index < -0.39 is 36.2 Å². The zero-order valence-corrected chi connectivity index (χ0v) is 21.5. The Morgan fingerprint density at radius 3 is 2.42 bits per heavy atom. The molecule has 0 saturated carbocycles. The standard InChI is InChI=1S/C31H25FN4O4/c1-40-22-13-9-12-21(18-22)33-31(39)35-29-30(38)36(19-27(37)23-14-5-7-16-25(23)32)26-17-8-6-15-24(26)28(34-29)20-10-3-2-4-11-20/h2-18,29H,19H2,1H3,(H2,33,35,39). The molecule has 3 amide bonds. The van der Waals surface area contributed by atoms with Crippen molar-refractivity contribution in [1.82, 2.24) is 5.32 Å². The van der Waals surface area contributed by atoms with Gasteiger partial charge in [-0.2, -0.15) is 0 Å². The van der Waals surface area contributed by atoms with Gasteiger partial charge in [0.25, 0.3) is 5.91 Å². The van der Waals surface area contributed by atoms with E-state index in [1.54, 1.807) is 54.6 Å². The molecule has 0 aromatic heterocycles. The highest BCUT2D eigenvalue weighted by Gasteiger charge is 2.34. The number of ether oxygens (including phenoxy) is 1. The third-order valence-corrected chi connectivity index (χ3v) is 6.33. The lowest BCUT2D eigenvalue weighted by Gasteiger charge is -2.25. The van der Waals surface area contributed by atoms with Crippen molar-refractivity contribution in [3.63, 3.8) is 0 Å². The summed E-state index contributed by atoms with van der Waals surface area (Å²) >= 11 is 0. The maximum absolute atomic E-state index is 14.4. The van der Waals surface area contributed by atoms with E-state index in [0.717, 1.165) is 0 Å². The first-order valence-electron chi connectivity index (χ1n) is 12.5. The van der Waals surface area contributed by atoms with Crippen LogP contribution >= 0.6 is 0 Å². The van der Waals surface area contributed by atoms with E-state index in [4.69, 9.17) is 4.74 Å². The van der Waals surface area contributed by atoms with Crippen LogP contribution in [0.1, 0.15) is 21.5 Å². The molecule has 200 valence electrons. The van der Waals surface area contributed by atoms with Gasteiger partial charge in [-0.1, -0.05) is 66.7 Å². The predicted molar refractivity (Wildman–Crippen MR) is 151 cm³/mol. The van der Waals surface area contributed by atoms with Crippen LogP contribution in [-0.2, 0) is 4.79 Å². The number of carbonyl (C=O) groups excluding carboxylic acids is 3. The number of ketones is 1. The number of halogens is 1. The molecule has 0 spiro atoms. The number of carbonyl (C=O) groups is 3. The summed E-state index contributed by atoms with van der Waals surface area (Å²) in [5, 5.41) is 5.31. The average molecular weight is 537 g/mol. The first-order chi connectivity index (χ1) is 19.4. The van der Waals surface area contributed by atoms with E-state index in [0.29, 0.717) is 34.0 Å². The SMILES string of the molecule is COc1cccc(NC(=O)NC2N=C(c3ccccc3)c3ccccc3N(CC(=O)c3ccccc3F)C2=O)c1. The van der Waals surface area contributed by atoms with Crippen molar-refractivity contribution in [3.8, 4) is 5.75 Å². The second-order valence-electron chi connectivity index (χ2n) is 8.92. The molecule has 2 N–H and O–H groups in total. The van der Waals surface area contributed by atoms with E-state index in [9.17, 15) is 18.8 Å². The first-order valence-corrected chi connectivity index (χ1v) is 12.5. The molecule has 0 aliphatic carbocycles. The van der Waals surface area contributed by atoms with E-state index in [-0.39, 0.29) is 5.56 Å². The fourth-order valence-electron chi connectivity index (χ4n) is 4.42. The minimum Gasteiger partial charge on any atom is -0.497 e. The van der Waals surface area contributed by atoms with Gasteiger partial charge < -0.3 is 20.3 Å². The van der Waals surface area contributed by atoms with Crippen molar-refractivity contribution in [2.75, 3.05) is 23.9 Å². The minimum absolute atomic E-state index is 0.137. The molecular formula is C31H25FN4O4. The number of Topliss-reactive ketones (excluding diaryl/α,β-unsaturated/α-hetero) is 1. The second-order valence-corrected chi connectivity index (χ2v) is 8.92. The average Bonchev–Trinajstić information content (AvgIpc) is 3.08. The molecular weight excluding hydrogens is 511 g/mol. The van der Waals surface area contributed by atoms with E-state index in [1.165, 1.54) is 30.2 Å². The third-order valence-electron chi connectivity index (χ3n) is 6.33. The highest BCUT2D eigenvalue weighted by atomic mass is 19.1. The number of methoxy groups -OCH3 is 1. The summed E-state index contributed by atoms with van der Waals surface area (Å²) in [6.07, 6.45) is -1.39. The van der Waals surface area contributed by atoms with Crippen molar-refractivity contribution in [3.05, 3.63) is 126 Å². The lowest BCUT2D eigenvalue weighted by molar-refractivity contribution is -0.120. The number of nitrogens with zero attached hydrogens (tertiary/aromatic N) is 2. The van der Waals surface area contributed by atoms with Crippen molar-refractivity contribution in [2.24, 2.45) is 4.99 Å². The van der Waals surface area contributed by atoms with E-state index in [2.05, 4.69) is 15.6 Å².